The van der Waals surface area contributed by atoms with Crippen molar-refractivity contribution in [2.45, 2.75) is 45.6 Å². The third kappa shape index (κ3) is 3.02. The Labute approximate surface area is 110 Å². The van der Waals surface area contributed by atoms with Crippen LogP contribution in [0.25, 0.3) is 0 Å². The van der Waals surface area contributed by atoms with Gasteiger partial charge >= 0.3 is 0 Å². The second-order valence-corrected chi connectivity index (χ2v) is 5.57. The summed E-state index contributed by atoms with van der Waals surface area (Å²) in [6.07, 6.45) is 9.02. The van der Waals surface area contributed by atoms with Crippen LogP contribution in [0.1, 0.15) is 51.1 Å². The number of pyridine rings is 1. The molecule has 1 aliphatic rings. The molecular formula is C15H25N3. The molecule has 100 valence electrons. The van der Waals surface area contributed by atoms with Crippen LogP contribution in [0.2, 0.25) is 0 Å². The van der Waals surface area contributed by atoms with Gasteiger partial charge in [-0.3, -0.25) is 4.98 Å². The Hall–Kier alpha value is -1.09. The summed E-state index contributed by atoms with van der Waals surface area (Å²) in [4.78, 5) is 4.24. The van der Waals surface area contributed by atoms with Crippen molar-refractivity contribution in [1.82, 2.24) is 10.3 Å². The fourth-order valence-corrected chi connectivity index (χ4v) is 3.21. The highest BCUT2D eigenvalue weighted by atomic mass is 14.9. The fourth-order valence-electron chi connectivity index (χ4n) is 3.21. The van der Waals surface area contributed by atoms with Gasteiger partial charge in [0.1, 0.15) is 0 Å². The predicted molar refractivity (Wildman–Crippen MR) is 76.2 cm³/mol. The van der Waals surface area contributed by atoms with E-state index in [-0.39, 0.29) is 0 Å². The Bertz CT molecular complexity index is 378. The summed E-state index contributed by atoms with van der Waals surface area (Å²) in [6, 6.07) is 2.28. The highest BCUT2D eigenvalue weighted by Gasteiger charge is 2.28. The largest absolute Gasteiger partial charge is 0.398 e. The monoisotopic (exact) mass is 247 g/mol. The Morgan fingerprint density at radius 2 is 2.33 bits per heavy atom. The highest BCUT2D eigenvalue weighted by Crippen LogP contribution is 2.38. The molecule has 2 rings (SSSR count). The molecule has 0 aromatic carbocycles. The van der Waals surface area contributed by atoms with Crippen LogP contribution in [-0.2, 0) is 0 Å². The number of nitrogens with zero attached hydrogens (tertiary/aromatic N) is 1. The molecule has 3 nitrogen and oxygen atoms in total. The summed E-state index contributed by atoms with van der Waals surface area (Å²) in [6.45, 7) is 5.50. The Morgan fingerprint density at radius 3 is 3.00 bits per heavy atom. The zero-order valence-electron chi connectivity index (χ0n) is 11.5. The third-order valence-electron chi connectivity index (χ3n) is 4.09. The lowest BCUT2D eigenvalue weighted by Gasteiger charge is -2.34. The van der Waals surface area contributed by atoms with Gasteiger partial charge in [0.2, 0.25) is 0 Å². The first-order valence-corrected chi connectivity index (χ1v) is 7.15. The molecule has 0 bridgehead atoms. The van der Waals surface area contributed by atoms with Crippen LogP contribution in [0, 0.1) is 11.8 Å². The summed E-state index contributed by atoms with van der Waals surface area (Å²) >= 11 is 0. The maximum absolute atomic E-state index is 6.11. The maximum Gasteiger partial charge on any atom is 0.0393 e. The molecule has 1 fully saturated rings. The molecule has 1 heterocycles. The number of nitrogens with one attached hydrogen (secondary N) is 1. The number of anilines is 1. The standard InChI is InChI=1S/C15H25N3/c1-3-18-15(12-6-4-5-11(2)9-12)13-10-17-8-7-14(13)16/h7-8,10-12,15,18H,3-6,9H2,1-2H3,(H2,16,17). The molecule has 3 heteroatoms. The molecule has 0 spiro atoms. The van der Waals surface area contributed by atoms with E-state index in [0.29, 0.717) is 12.0 Å². The molecule has 3 unspecified atom stereocenters. The van der Waals surface area contributed by atoms with E-state index in [1.165, 1.54) is 31.2 Å². The van der Waals surface area contributed by atoms with Crippen molar-refractivity contribution in [3.63, 3.8) is 0 Å². The van der Waals surface area contributed by atoms with E-state index in [1.54, 1.807) is 6.20 Å². The first-order valence-electron chi connectivity index (χ1n) is 7.15. The Morgan fingerprint density at radius 1 is 1.50 bits per heavy atom. The van der Waals surface area contributed by atoms with E-state index >= 15 is 0 Å². The highest BCUT2D eigenvalue weighted by molar-refractivity contribution is 5.46. The molecule has 18 heavy (non-hydrogen) atoms. The topological polar surface area (TPSA) is 50.9 Å². The number of aromatic nitrogens is 1. The van der Waals surface area contributed by atoms with Gasteiger partial charge in [0.15, 0.2) is 0 Å². The van der Waals surface area contributed by atoms with Crippen molar-refractivity contribution >= 4 is 5.69 Å². The van der Waals surface area contributed by atoms with Crippen LogP contribution in [0.4, 0.5) is 5.69 Å². The number of nitrogen functional groups attached to an aromatic ring is 1. The van der Waals surface area contributed by atoms with Crippen molar-refractivity contribution in [3.05, 3.63) is 24.0 Å². The van der Waals surface area contributed by atoms with Crippen molar-refractivity contribution < 1.29 is 0 Å². The molecule has 1 aliphatic carbocycles. The van der Waals surface area contributed by atoms with Gasteiger partial charge in [-0.1, -0.05) is 26.7 Å². The molecular weight excluding hydrogens is 222 g/mol. The van der Waals surface area contributed by atoms with Gasteiger partial charge in [0.25, 0.3) is 0 Å². The zero-order chi connectivity index (χ0) is 13.0. The van der Waals surface area contributed by atoms with Crippen LogP contribution >= 0.6 is 0 Å². The number of rotatable bonds is 4. The van der Waals surface area contributed by atoms with Crippen molar-refractivity contribution in [3.8, 4) is 0 Å². The molecule has 1 aromatic heterocycles. The molecule has 0 radical (unpaired) electrons. The lowest BCUT2D eigenvalue weighted by molar-refractivity contribution is 0.225. The summed E-state index contributed by atoms with van der Waals surface area (Å²) in [5.41, 5.74) is 8.16. The average Bonchev–Trinajstić information content (AvgIpc) is 2.37. The SMILES string of the molecule is CCNC(c1cnccc1N)C1CCCC(C)C1. The van der Waals surface area contributed by atoms with E-state index < -0.39 is 0 Å². The number of hydrogen-bond donors (Lipinski definition) is 2. The summed E-state index contributed by atoms with van der Waals surface area (Å²) in [7, 11) is 0. The normalized spacial score (nSPS) is 25.9. The summed E-state index contributed by atoms with van der Waals surface area (Å²) in [5, 5.41) is 3.61. The minimum absolute atomic E-state index is 0.367. The van der Waals surface area contributed by atoms with Gasteiger partial charge in [-0.15, -0.1) is 0 Å². The van der Waals surface area contributed by atoms with Crippen molar-refractivity contribution in [2.24, 2.45) is 11.8 Å². The van der Waals surface area contributed by atoms with Gasteiger partial charge in [0.05, 0.1) is 0 Å². The van der Waals surface area contributed by atoms with Gasteiger partial charge in [-0.2, -0.15) is 0 Å². The molecule has 0 saturated heterocycles. The minimum atomic E-state index is 0.367. The van der Waals surface area contributed by atoms with Crippen LogP contribution in [-0.4, -0.2) is 11.5 Å². The van der Waals surface area contributed by atoms with Gasteiger partial charge in [-0.25, -0.2) is 0 Å². The summed E-state index contributed by atoms with van der Waals surface area (Å²) < 4.78 is 0. The fraction of sp³-hybridized carbons (Fsp3) is 0.667. The number of nitrogens with two attached hydrogens (primary N) is 1. The molecule has 0 aliphatic heterocycles. The van der Waals surface area contributed by atoms with E-state index in [9.17, 15) is 0 Å². The van der Waals surface area contributed by atoms with E-state index in [0.717, 1.165) is 18.2 Å². The van der Waals surface area contributed by atoms with Gasteiger partial charge < -0.3 is 11.1 Å². The first-order chi connectivity index (χ1) is 8.72. The predicted octanol–water partition coefficient (Wildman–Crippen LogP) is 3.14. The third-order valence-corrected chi connectivity index (χ3v) is 4.09. The minimum Gasteiger partial charge on any atom is -0.398 e. The molecule has 1 saturated carbocycles. The van der Waals surface area contributed by atoms with Crippen LogP contribution < -0.4 is 11.1 Å². The Balaban J connectivity index is 2.19. The Kier molecular flexibility index (Phi) is 4.59. The van der Waals surface area contributed by atoms with Gasteiger partial charge in [0, 0.05) is 29.7 Å². The van der Waals surface area contributed by atoms with E-state index in [2.05, 4.69) is 24.1 Å². The molecule has 1 aromatic rings. The van der Waals surface area contributed by atoms with Crippen LogP contribution in [0.5, 0.6) is 0 Å². The first kappa shape index (κ1) is 13.3. The van der Waals surface area contributed by atoms with Crippen LogP contribution in [0.15, 0.2) is 18.5 Å². The van der Waals surface area contributed by atoms with Gasteiger partial charge in [-0.05, 0) is 37.3 Å². The van der Waals surface area contributed by atoms with Crippen molar-refractivity contribution in [2.75, 3.05) is 12.3 Å². The molecule has 0 amide bonds. The number of hydrogen-bond acceptors (Lipinski definition) is 3. The summed E-state index contributed by atoms with van der Waals surface area (Å²) in [5.74, 6) is 1.53. The van der Waals surface area contributed by atoms with Crippen molar-refractivity contribution in [1.29, 1.82) is 0 Å². The quantitative estimate of drug-likeness (QED) is 0.859. The molecule has 3 N–H and O–H groups in total. The average molecular weight is 247 g/mol. The van der Waals surface area contributed by atoms with Crippen LogP contribution in [0.3, 0.4) is 0 Å². The van der Waals surface area contributed by atoms with E-state index in [4.69, 9.17) is 5.73 Å². The lowest BCUT2D eigenvalue weighted by atomic mass is 9.76. The van der Waals surface area contributed by atoms with E-state index in [1.807, 2.05) is 12.3 Å². The zero-order valence-corrected chi connectivity index (χ0v) is 11.5. The second kappa shape index (κ2) is 6.19. The lowest BCUT2D eigenvalue weighted by Crippen LogP contribution is -2.31. The smallest absolute Gasteiger partial charge is 0.0393 e. The molecule has 3 atom stereocenters. The maximum atomic E-state index is 6.11. The second-order valence-electron chi connectivity index (χ2n) is 5.57.